The lowest BCUT2D eigenvalue weighted by atomic mass is 10.2. The number of halogens is 2. The summed E-state index contributed by atoms with van der Waals surface area (Å²) in [5, 5.41) is 6.93. The molecule has 1 aromatic heterocycles. The van der Waals surface area contributed by atoms with Crippen molar-refractivity contribution in [3.8, 4) is 0 Å². The summed E-state index contributed by atoms with van der Waals surface area (Å²) in [6, 6.07) is 4.96. The quantitative estimate of drug-likeness (QED) is 0.876. The molecule has 0 aliphatic carbocycles. The zero-order valence-corrected chi connectivity index (χ0v) is 10.8. The van der Waals surface area contributed by atoms with Gasteiger partial charge in [0.15, 0.2) is 0 Å². The first kappa shape index (κ1) is 11.4. The van der Waals surface area contributed by atoms with Crippen molar-refractivity contribution in [2.24, 2.45) is 0 Å². The highest BCUT2D eigenvalue weighted by molar-refractivity contribution is 14.1. The Labute approximate surface area is 106 Å². The Morgan fingerprint density at radius 2 is 2.31 bits per heavy atom. The molecule has 1 heterocycles. The molecule has 0 saturated heterocycles. The number of nitrogens with one attached hydrogen (secondary N) is 1. The molecule has 0 aliphatic rings. The summed E-state index contributed by atoms with van der Waals surface area (Å²) >= 11 is 1.98. The molecule has 0 unspecified atom stereocenters. The van der Waals surface area contributed by atoms with Gasteiger partial charge in [-0.25, -0.2) is 4.39 Å². The first-order valence-corrected chi connectivity index (χ1v) is 5.84. The molecule has 0 radical (unpaired) electrons. The van der Waals surface area contributed by atoms with E-state index in [9.17, 15) is 4.39 Å². The third-order valence-electron chi connectivity index (χ3n) is 2.27. The normalized spacial score (nSPS) is 10.4. The fraction of sp³-hybridized carbons (Fsp3) is 0.182. The van der Waals surface area contributed by atoms with Gasteiger partial charge in [0, 0.05) is 12.1 Å². The maximum atomic E-state index is 13.2. The average Bonchev–Trinajstić information content (AvgIpc) is 2.67. The van der Waals surface area contributed by atoms with Crippen LogP contribution in [-0.2, 0) is 6.54 Å². The van der Waals surface area contributed by atoms with Gasteiger partial charge in [-0.05, 0) is 41.6 Å². The minimum atomic E-state index is -0.215. The molecular formula is C11H10FIN2O. The summed E-state index contributed by atoms with van der Waals surface area (Å²) in [6.45, 7) is 2.45. The summed E-state index contributed by atoms with van der Waals surface area (Å²) in [5.74, 6) is -0.215. The van der Waals surface area contributed by atoms with E-state index in [0.29, 0.717) is 10.1 Å². The van der Waals surface area contributed by atoms with Crippen molar-refractivity contribution < 1.29 is 8.91 Å². The topological polar surface area (TPSA) is 38.1 Å². The van der Waals surface area contributed by atoms with E-state index in [4.69, 9.17) is 4.52 Å². The fourth-order valence-corrected chi connectivity index (χ4v) is 1.86. The van der Waals surface area contributed by atoms with Gasteiger partial charge in [-0.1, -0.05) is 11.2 Å². The highest BCUT2D eigenvalue weighted by atomic mass is 127. The molecule has 5 heteroatoms. The highest BCUT2D eigenvalue weighted by Gasteiger charge is 2.06. The van der Waals surface area contributed by atoms with E-state index in [0.717, 1.165) is 16.9 Å². The van der Waals surface area contributed by atoms with Gasteiger partial charge < -0.3 is 9.84 Å². The third kappa shape index (κ3) is 2.34. The van der Waals surface area contributed by atoms with Crippen LogP contribution in [0.3, 0.4) is 0 Å². The Bertz CT molecular complexity index is 498. The Hall–Kier alpha value is -1.11. The standard InChI is InChI=1S/C11H10FIN2O/c1-7-8(6-16-15-7)5-14-10-4-2-3-9(12)11(10)13/h2-4,6,14H,5H2,1H3. The van der Waals surface area contributed by atoms with E-state index in [1.807, 2.05) is 35.6 Å². The largest absolute Gasteiger partial charge is 0.380 e. The smallest absolute Gasteiger partial charge is 0.138 e. The summed E-state index contributed by atoms with van der Waals surface area (Å²) in [6.07, 6.45) is 1.59. The Kier molecular flexibility index (Phi) is 3.42. The van der Waals surface area contributed by atoms with Crippen molar-refractivity contribution in [2.75, 3.05) is 5.32 Å². The van der Waals surface area contributed by atoms with Crippen LogP contribution in [0.1, 0.15) is 11.3 Å². The SMILES string of the molecule is Cc1nocc1CNc1cccc(F)c1I. The molecule has 0 bridgehead atoms. The van der Waals surface area contributed by atoms with Gasteiger partial charge >= 0.3 is 0 Å². The molecule has 0 spiro atoms. The predicted molar refractivity (Wildman–Crippen MR) is 67.7 cm³/mol. The summed E-state index contributed by atoms with van der Waals surface area (Å²) in [7, 11) is 0. The predicted octanol–water partition coefficient (Wildman–Crippen LogP) is 3.34. The number of hydrogen-bond acceptors (Lipinski definition) is 3. The molecule has 0 atom stereocenters. The van der Waals surface area contributed by atoms with E-state index >= 15 is 0 Å². The molecular weight excluding hydrogens is 322 g/mol. The van der Waals surface area contributed by atoms with Gasteiger partial charge in [-0.15, -0.1) is 0 Å². The molecule has 16 heavy (non-hydrogen) atoms. The maximum Gasteiger partial charge on any atom is 0.138 e. The van der Waals surface area contributed by atoms with Crippen molar-refractivity contribution in [2.45, 2.75) is 13.5 Å². The second kappa shape index (κ2) is 4.82. The zero-order valence-electron chi connectivity index (χ0n) is 8.63. The lowest BCUT2D eigenvalue weighted by molar-refractivity contribution is 0.414. The summed E-state index contributed by atoms with van der Waals surface area (Å²) in [5.41, 5.74) is 2.60. The lowest BCUT2D eigenvalue weighted by Crippen LogP contribution is -2.02. The molecule has 0 saturated carbocycles. The second-order valence-corrected chi connectivity index (χ2v) is 4.46. The number of rotatable bonds is 3. The molecule has 84 valence electrons. The van der Waals surface area contributed by atoms with Gasteiger partial charge in [0.1, 0.15) is 12.1 Å². The van der Waals surface area contributed by atoms with E-state index < -0.39 is 0 Å². The minimum Gasteiger partial charge on any atom is -0.380 e. The molecule has 0 amide bonds. The molecule has 2 rings (SSSR count). The average molecular weight is 332 g/mol. The molecule has 0 fully saturated rings. The van der Waals surface area contributed by atoms with E-state index in [2.05, 4.69) is 10.5 Å². The highest BCUT2D eigenvalue weighted by Crippen LogP contribution is 2.21. The van der Waals surface area contributed by atoms with Gasteiger partial charge in [0.2, 0.25) is 0 Å². The van der Waals surface area contributed by atoms with Crippen LogP contribution in [0.4, 0.5) is 10.1 Å². The van der Waals surface area contributed by atoms with Gasteiger partial charge in [-0.3, -0.25) is 0 Å². The van der Waals surface area contributed by atoms with Gasteiger partial charge in [-0.2, -0.15) is 0 Å². The van der Waals surface area contributed by atoms with Crippen LogP contribution < -0.4 is 5.32 Å². The van der Waals surface area contributed by atoms with Crippen LogP contribution in [0.25, 0.3) is 0 Å². The number of nitrogens with zero attached hydrogens (tertiary/aromatic N) is 1. The van der Waals surface area contributed by atoms with Crippen LogP contribution in [0.15, 0.2) is 29.0 Å². The van der Waals surface area contributed by atoms with E-state index in [1.54, 1.807) is 12.3 Å². The van der Waals surface area contributed by atoms with Crippen molar-refractivity contribution in [3.63, 3.8) is 0 Å². The lowest BCUT2D eigenvalue weighted by Gasteiger charge is -2.07. The van der Waals surface area contributed by atoms with Crippen LogP contribution in [0.2, 0.25) is 0 Å². The van der Waals surface area contributed by atoms with Crippen LogP contribution >= 0.6 is 22.6 Å². The number of aryl methyl sites for hydroxylation is 1. The van der Waals surface area contributed by atoms with Crippen molar-refractivity contribution in [1.82, 2.24) is 5.16 Å². The first-order chi connectivity index (χ1) is 7.68. The van der Waals surface area contributed by atoms with Gasteiger partial charge in [0.25, 0.3) is 0 Å². The van der Waals surface area contributed by atoms with Gasteiger partial charge in [0.05, 0.1) is 15.0 Å². The molecule has 2 aromatic rings. The Morgan fingerprint density at radius 3 is 3.00 bits per heavy atom. The van der Waals surface area contributed by atoms with E-state index in [1.165, 1.54) is 6.07 Å². The van der Waals surface area contributed by atoms with Crippen molar-refractivity contribution in [3.05, 3.63) is 45.1 Å². The minimum absolute atomic E-state index is 0.215. The van der Waals surface area contributed by atoms with E-state index in [-0.39, 0.29) is 5.82 Å². The van der Waals surface area contributed by atoms with Crippen LogP contribution in [0.5, 0.6) is 0 Å². The molecule has 1 N–H and O–H groups in total. The Morgan fingerprint density at radius 1 is 1.50 bits per heavy atom. The molecule has 3 nitrogen and oxygen atoms in total. The number of hydrogen-bond donors (Lipinski definition) is 1. The summed E-state index contributed by atoms with van der Waals surface area (Å²) in [4.78, 5) is 0. The van der Waals surface area contributed by atoms with Crippen LogP contribution in [-0.4, -0.2) is 5.16 Å². The second-order valence-electron chi connectivity index (χ2n) is 3.38. The van der Waals surface area contributed by atoms with Crippen LogP contribution in [0, 0.1) is 16.3 Å². The molecule has 0 aliphatic heterocycles. The van der Waals surface area contributed by atoms with Crippen molar-refractivity contribution in [1.29, 1.82) is 0 Å². The fourth-order valence-electron chi connectivity index (χ4n) is 1.31. The zero-order chi connectivity index (χ0) is 11.5. The monoisotopic (exact) mass is 332 g/mol. The first-order valence-electron chi connectivity index (χ1n) is 4.76. The Balaban J connectivity index is 2.11. The number of aromatic nitrogens is 1. The maximum absolute atomic E-state index is 13.2. The number of anilines is 1. The third-order valence-corrected chi connectivity index (χ3v) is 3.37. The number of benzene rings is 1. The summed E-state index contributed by atoms with van der Waals surface area (Å²) < 4.78 is 18.7. The molecule has 1 aromatic carbocycles. The van der Waals surface area contributed by atoms with Crippen molar-refractivity contribution >= 4 is 28.3 Å².